The molecular formula is C27H32N2O6. The summed E-state index contributed by atoms with van der Waals surface area (Å²) < 4.78 is 16.3. The number of benzene rings is 2. The molecule has 0 radical (unpaired) electrons. The van der Waals surface area contributed by atoms with E-state index < -0.39 is 35.2 Å². The Morgan fingerprint density at radius 2 is 1.71 bits per heavy atom. The van der Waals surface area contributed by atoms with Gasteiger partial charge in [-0.3, -0.25) is 4.79 Å². The van der Waals surface area contributed by atoms with E-state index in [1.165, 1.54) is 7.11 Å². The molecule has 4 rings (SSSR count). The van der Waals surface area contributed by atoms with Crippen LogP contribution in [-0.4, -0.2) is 42.3 Å². The number of carbonyl (C=O) groups excluding carboxylic acids is 3. The van der Waals surface area contributed by atoms with Crippen molar-refractivity contribution in [2.45, 2.75) is 70.1 Å². The molecule has 1 unspecified atom stereocenters. The topological polar surface area (TPSA) is 107 Å². The van der Waals surface area contributed by atoms with Crippen molar-refractivity contribution in [3.63, 3.8) is 0 Å². The predicted molar refractivity (Wildman–Crippen MR) is 132 cm³/mol. The van der Waals surface area contributed by atoms with Crippen LogP contribution < -0.4 is 10.6 Å². The SMILES string of the molecule is COC(=O)C(Cc1ccc2c(c1)oc1ccccc12)NC(=O)C1(NC(=O)OC(C)(C)C)CCCC1. The molecule has 1 aliphatic rings. The highest BCUT2D eigenvalue weighted by Gasteiger charge is 2.44. The maximum Gasteiger partial charge on any atom is 0.408 e. The second-order valence-corrected chi connectivity index (χ2v) is 10.1. The van der Waals surface area contributed by atoms with E-state index >= 15 is 0 Å². The van der Waals surface area contributed by atoms with Crippen molar-refractivity contribution in [3.8, 4) is 0 Å². The molecule has 8 heteroatoms. The number of hydrogen-bond donors (Lipinski definition) is 2. The molecule has 2 amide bonds. The molecule has 186 valence electrons. The molecule has 0 aliphatic heterocycles. The Hall–Kier alpha value is -3.55. The number of para-hydroxylation sites is 1. The number of methoxy groups -OCH3 is 1. The maximum atomic E-state index is 13.4. The molecule has 1 saturated carbocycles. The number of esters is 1. The van der Waals surface area contributed by atoms with E-state index in [2.05, 4.69) is 10.6 Å². The first kappa shape index (κ1) is 24.6. The quantitative estimate of drug-likeness (QED) is 0.499. The lowest BCUT2D eigenvalue weighted by molar-refractivity contribution is -0.145. The van der Waals surface area contributed by atoms with Gasteiger partial charge in [-0.25, -0.2) is 9.59 Å². The zero-order chi connectivity index (χ0) is 25.2. The molecule has 1 fully saturated rings. The Kier molecular flexibility index (Phi) is 6.74. The highest BCUT2D eigenvalue weighted by molar-refractivity contribution is 6.05. The molecule has 3 aromatic rings. The molecule has 1 atom stereocenters. The minimum Gasteiger partial charge on any atom is -0.467 e. The van der Waals surface area contributed by atoms with Gasteiger partial charge < -0.3 is 24.5 Å². The molecule has 1 heterocycles. The zero-order valence-electron chi connectivity index (χ0n) is 20.6. The van der Waals surface area contributed by atoms with Gasteiger partial charge in [0, 0.05) is 17.2 Å². The molecule has 1 aliphatic carbocycles. The number of hydrogen-bond acceptors (Lipinski definition) is 6. The van der Waals surface area contributed by atoms with Crippen LogP contribution in [0.15, 0.2) is 46.9 Å². The maximum absolute atomic E-state index is 13.4. The second-order valence-electron chi connectivity index (χ2n) is 10.1. The lowest BCUT2D eigenvalue weighted by atomic mass is 9.95. The summed E-state index contributed by atoms with van der Waals surface area (Å²) in [5.74, 6) is -0.977. The third kappa shape index (κ3) is 5.42. The van der Waals surface area contributed by atoms with Crippen LogP contribution in [0.1, 0.15) is 52.0 Å². The van der Waals surface area contributed by atoms with Crippen LogP contribution in [0.25, 0.3) is 21.9 Å². The monoisotopic (exact) mass is 480 g/mol. The van der Waals surface area contributed by atoms with E-state index in [4.69, 9.17) is 13.9 Å². The molecule has 2 aromatic carbocycles. The van der Waals surface area contributed by atoms with Crippen LogP contribution in [0.3, 0.4) is 0 Å². The van der Waals surface area contributed by atoms with Gasteiger partial charge in [-0.1, -0.05) is 43.2 Å². The second kappa shape index (κ2) is 9.60. The summed E-state index contributed by atoms with van der Waals surface area (Å²) >= 11 is 0. The van der Waals surface area contributed by atoms with Gasteiger partial charge in [0.25, 0.3) is 0 Å². The lowest BCUT2D eigenvalue weighted by Gasteiger charge is -2.32. The first-order chi connectivity index (χ1) is 16.6. The molecule has 0 bridgehead atoms. The smallest absolute Gasteiger partial charge is 0.408 e. The highest BCUT2D eigenvalue weighted by atomic mass is 16.6. The standard InChI is InChI=1S/C27H32N2O6/c1-26(2,3)35-25(32)29-27(13-7-8-14-27)24(31)28-20(23(30)33-4)15-17-11-12-19-18-9-5-6-10-21(18)34-22(19)16-17/h5-6,9-12,16,20H,7-8,13-15H2,1-4H3,(H,28,31)(H,29,32). The summed E-state index contributed by atoms with van der Waals surface area (Å²) in [5, 5.41) is 7.60. The minimum absolute atomic E-state index is 0.216. The van der Waals surface area contributed by atoms with E-state index in [-0.39, 0.29) is 6.42 Å². The van der Waals surface area contributed by atoms with Gasteiger partial charge in [-0.2, -0.15) is 0 Å². The van der Waals surface area contributed by atoms with Crippen molar-refractivity contribution in [1.82, 2.24) is 10.6 Å². The zero-order valence-corrected chi connectivity index (χ0v) is 20.6. The fraction of sp³-hybridized carbons (Fsp3) is 0.444. The molecule has 0 saturated heterocycles. The largest absolute Gasteiger partial charge is 0.467 e. The number of carbonyl (C=O) groups is 3. The van der Waals surface area contributed by atoms with Crippen LogP contribution in [0.5, 0.6) is 0 Å². The molecular weight excluding hydrogens is 448 g/mol. The highest BCUT2D eigenvalue weighted by Crippen LogP contribution is 2.32. The average molecular weight is 481 g/mol. The van der Waals surface area contributed by atoms with Gasteiger partial charge >= 0.3 is 12.1 Å². The molecule has 1 aromatic heterocycles. The van der Waals surface area contributed by atoms with E-state index in [1.54, 1.807) is 20.8 Å². The van der Waals surface area contributed by atoms with E-state index in [0.29, 0.717) is 18.4 Å². The van der Waals surface area contributed by atoms with Gasteiger partial charge in [-0.05, 0) is 51.3 Å². The number of furan rings is 1. The van der Waals surface area contributed by atoms with E-state index in [0.717, 1.165) is 34.8 Å². The normalized spacial score (nSPS) is 16.1. The van der Waals surface area contributed by atoms with Crippen molar-refractivity contribution >= 4 is 39.9 Å². The third-order valence-corrected chi connectivity index (χ3v) is 6.31. The molecule has 8 nitrogen and oxygen atoms in total. The van der Waals surface area contributed by atoms with Crippen LogP contribution in [-0.2, 0) is 25.5 Å². The van der Waals surface area contributed by atoms with E-state index in [9.17, 15) is 14.4 Å². The van der Waals surface area contributed by atoms with Gasteiger partial charge in [0.2, 0.25) is 5.91 Å². The summed E-state index contributed by atoms with van der Waals surface area (Å²) in [6.07, 6.45) is 2.07. The van der Waals surface area contributed by atoms with Crippen LogP contribution in [0.4, 0.5) is 4.79 Å². The number of ether oxygens (including phenoxy) is 2. The minimum atomic E-state index is -1.13. The summed E-state index contributed by atoms with van der Waals surface area (Å²) in [7, 11) is 1.29. The van der Waals surface area contributed by atoms with Crippen molar-refractivity contribution in [2.24, 2.45) is 0 Å². The fourth-order valence-electron chi connectivity index (χ4n) is 4.65. The van der Waals surface area contributed by atoms with Crippen molar-refractivity contribution in [2.75, 3.05) is 7.11 Å². The van der Waals surface area contributed by atoms with Crippen molar-refractivity contribution in [3.05, 3.63) is 48.0 Å². The Bertz CT molecular complexity index is 1250. The van der Waals surface area contributed by atoms with Crippen LogP contribution in [0, 0.1) is 0 Å². The van der Waals surface area contributed by atoms with Crippen LogP contribution >= 0.6 is 0 Å². The first-order valence-corrected chi connectivity index (χ1v) is 11.9. The third-order valence-electron chi connectivity index (χ3n) is 6.31. The summed E-state index contributed by atoms with van der Waals surface area (Å²) in [6.45, 7) is 5.29. The van der Waals surface area contributed by atoms with E-state index in [1.807, 2.05) is 42.5 Å². The number of fused-ring (bicyclic) bond motifs is 3. The number of amides is 2. The summed E-state index contributed by atoms with van der Waals surface area (Å²) in [4.78, 5) is 38.5. The lowest BCUT2D eigenvalue weighted by Crippen LogP contribution is -2.60. The van der Waals surface area contributed by atoms with Crippen molar-refractivity contribution in [1.29, 1.82) is 0 Å². The van der Waals surface area contributed by atoms with Gasteiger partial charge in [0.05, 0.1) is 7.11 Å². The van der Waals surface area contributed by atoms with Crippen molar-refractivity contribution < 1.29 is 28.3 Å². The Labute approximate surface area is 204 Å². The van der Waals surface area contributed by atoms with Crippen LogP contribution in [0.2, 0.25) is 0 Å². The Balaban J connectivity index is 1.54. The molecule has 35 heavy (non-hydrogen) atoms. The summed E-state index contributed by atoms with van der Waals surface area (Å²) in [5.41, 5.74) is 0.487. The number of nitrogens with one attached hydrogen (secondary N) is 2. The number of alkyl carbamates (subject to hydrolysis) is 1. The first-order valence-electron chi connectivity index (χ1n) is 11.9. The van der Waals surface area contributed by atoms with Gasteiger partial charge in [-0.15, -0.1) is 0 Å². The molecule has 2 N–H and O–H groups in total. The summed E-state index contributed by atoms with van der Waals surface area (Å²) in [6, 6.07) is 12.6. The number of rotatable bonds is 6. The van der Waals surface area contributed by atoms with Gasteiger partial charge in [0.15, 0.2) is 0 Å². The Morgan fingerprint density at radius 1 is 1.03 bits per heavy atom. The predicted octanol–water partition coefficient (Wildman–Crippen LogP) is 4.62. The fourth-order valence-corrected chi connectivity index (χ4v) is 4.65. The Morgan fingerprint density at radius 3 is 2.40 bits per heavy atom. The molecule has 0 spiro atoms. The average Bonchev–Trinajstić information content (AvgIpc) is 3.41. The van der Waals surface area contributed by atoms with Gasteiger partial charge in [0.1, 0.15) is 28.3 Å².